The maximum Gasteiger partial charge on any atom is 0.237 e. The van der Waals surface area contributed by atoms with Gasteiger partial charge in [-0.25, -0.2) is 4.98 Å². The van der Waals surface area contributed by atoms with E-state index in [1.165, 1.54) is 5.56 Å². The Morgan fingerprint density at radius 2 is 2.16 bits per heavy atom. The quantitative estimate of drug-likeness (QED) is 0.776. The van der Waals surface area contributed by atoms with Crippen LogP contribution < -0.4 is 5.32 Å². The first-order chi connectivity index (χ1) is 9.19. The largest absolute Gasteiger partial charge is 0.310 e. The van der Waals surface area contributed by atoms with Gasteiger partial charge in [0.25, 0.3) is 0 Å². The predicted molar refractivity (Wildman–Crippen MR) is 70.9 cm³/mol. The molecule has 1 amide bonds. The summed E-state index contributed by atoms with van der Waals surface area (Å²) < 4.78 is 0. The monoisotopic (exact) mass is 251 g/mol. The minimum atomic E-state index is -0.493. The molecule has 1 aliphatic carbocycles. The van der Waals surface area contributed by atoms with Gasteiger partial charge < -0.3 is 5.32 Å². The van der Waals surface area contributed by atoms with Gasteiger partial charge in [0.05, 0.1) is 5.41 Å². The lowest BCUT2D eigenvalue weighted by molar-refractivity contribution is -0.120. The second-order valence-corrected chi connectivity index (χ2v) is 5.35. The van der Waals surface area contributed by atoms with E-state index in [1.54, 1.807) is 6.20 Å². The number of rotatable bonds is 0. The minimum absolute atomic E-state index is 0.0526. The molecule has 1 spiro atoms. The van der Waals surface area contributed by atoms with Crippen molar-refractivity contribution in [3.8, 4) is 0 Å². The zero-order valence-corrected chi connectivity index (χ0v) is 10.6. The highest BCUT2D eigenvalue weighted by Crippen LogP contribution is 2.45. The van der Waals surface area contributed by atoms with Crippen LogP contribution in [0.25, 0.3) is 0 Å². The van der Waals surface area contributed by atoms with E-state index in [0.29, 0.717) is 12.2 Å². The van der Waals surface area contributed by atoms with E-state index in [1.807, 2.05) is 25.1 Å². The highest BCUT2D eigenvalue weighted by molar-refractivity contribution is 6.06. The number of carbonyl (C=O) groups is 1. The van der Waals surface area contributed by atoms with Crippen LogP contribution in [0.15, 0.2) is 30.5 Å². The maximum atomic E-state index is 12.4. The molecule has 94 valence electrons. The van der Waals surface area contributed by atoms with E-state index in [0.717, 1.165) is 23.4 Å². The zero-order valence-electron chi connectivity index (χ0n) is 10.6. The molecule has 0 radical (unpaired) electrons. The summed E-state index contributed by atoms with van der Waals surface area (Å²) in [6, 6.07) is 7.99. The van der Waals surface area contributed by atoms with Crippen LogP contribution in [0.3, 0.4) is 0 Å². The molecule has 2 aliphatic rings. The van der Waals surface area contributed by atoms with Gasteiger partial charge in [0.2, 0.25) is 5.91 Å². The molecule has 1 aliphatic heterocycles. The molecule has 0 saturated carbocycles. The van der Waals surface area contributed by atoms with Crippen LogP contribution in [0.4, 0.5) is 5.82 Å². The number of anilines is 1. The standard InChI is InChI=1S/C15H13N3O/c1-9-4-5-10-7-15(8-12(10)17-9)11-3-2-6-16-13(11)18-14(15)19/h2-6H,7-8H2,1H3,(H,16,18,19). The lowest BCUT2D eigenvalue weighted by Gasteiger charge is -2.19. The van der Waals surface area contributed by atoms with Crippen LogP contribution in [0.1, 0.15) is 22.5 Å². The van der Waals surface area contributed by atoms with Crippen LogP contribution in [0.2, 0.25) is 0 Å². The van der Waals surface area contributed by atoms with E-state index in [-0.39, 0.29) is 5.91 Å². The van der Waals surface area contributed by atoms with Gasteiger partial charge in [-0.05, 0) is 31.0 Å². The summed E-state index contributed by atoms with van der Waals surface area (Å²) in [5.74, 6) is 0.758. The topological polar surface area (TPSA) is 54.9 Å². The van der Waals surface area contributed by atoms with Gasteiger partial charge in [0.1, 0.15) is 5.82 Å². The summed E-state index contributed by atoms with van der Waals surface area (Å²) in [6.07, 6.45) is 3.11. The Labute approximate surface area is 110 Å². The van der Waals surface area contributed by atoms with E-state index in [9.17, 15) is 4.79 Å². The SMILES string of the molecule is Cc1ccc2c(n1)CC1(C2)C(=O)Nc2ncccc21. The van der Waals surface area contributed by atoms with Gasteiger partial charge in [0.15, 0.2) is 0 Å². The van der Waals surface area contributed by atoms with Crippen molar-refractivity contribution in [3.63, 3.8) is 0 Å². The molecule has 0 aromatic carbocycles. The number of pyridine rings is 2. The Bertz CT molecular complexity index is 710. The molecule has 4 rings (SSSR count). The predicted octanol–water partition coefficient (Wildman–Crippen LogP) is 1.77. The van der Waals surface area contributed by atoms with E-state index in [4.69, 9.17) is 0 Å². The van der Waals surface area contributed by atoms with Gasteiger partial charge in [0, 0.05) is 29.6 Å². The van der Waals surface area contributed by atoms with Crippen LogP contribution >= 0.6 is 0 Å². The van der Waals surface area contributed by atoms with E-state index < -0.39 is 5.41 Å². The number of aryl methyl sites for hydroxylation is 1. The highest BCUT2D eigenvalue weighted by atomic mass is 16.2. The molecule has 1 unspecified atom stereocenters. The number of nitrogens with zero attached hydrogens (tertiary/aromatic N) is 2. The first-order valence-electron chi connectivity index (χ1n) is 6.41. The third-order valence-corrected chi connectivity index (χ3v) is 4.16. The molecule has 4 heteroatoms. The van der Waals surface area contributed by atoms with Crippen LogP contribution in [0, 0.1) is 6.92 Å². The number of fused-ring (bicyclic) bond motifs is 3. The molecular weight excluding hydrogens is 238 g/mol. The number of amides is 1. The van der Waals surface area contributed by atoms with Crippen molar-refractivity contribution in [3.05, 3.63) is 53.0 Å². The summed E-state index contributed by atoms with van der Waals surface area (Å²) in [7, 11) is 0. The molecule has 0 fully saturated rings. The summed E-state index contributed by atoms with van der Waals surface area (Å²) >= 11 is 0. The molecule has 0 bridgehead atoms. The maximum absolute atomic E-state index is 12.4. The first kappa shape index (κ1) is 10.7. The fourth-order valence-electron chi connectivity index (χ4n) is 3.22. The van der Waals surface area contributed by atoms with Gasteiger partial charge in [-0.2, -0.15) is 0 Å². The third-order valence-electron chi connectivity index (χ3n) is 4.16. The fourth-order valence-corrected chi connectivity index (χ4v) is 3.22. The second-order valence-electron chi connectivity index (χ2n) is 5.35. The van der Waals surface area contributed by atoms with Crippen molar-refractivity contribution in [2.75, 3.05) is 5.32 Å². The van der Waals surface area contributed by atoms with Crippen molar-refractivity contribution >= 4 is 11.7 Å². The molecule has 3 heterocycles. The molecular formula is C15H13N3O. The third kappa shape index (κ3) is 1.31. The van der Waals surface area contributed by atoms with Gasteiger partial charge in [-0.1, -0.05) is 12.1 Å². The van der Waals surface area contributed by atoms with E-state index in [2.05, 4.69) is 21.4 Å². The molecule has 1 atom stereocenters. The number of hydrogen-bond donors (Lipinski definition) is 1. The van der Waals surface area contributed by atoms with Gasteiger partial charge in [-0.3, -0.25) is 9.78 Å². The van der Waals surface area contributed by atoms with Crippen LogP contribution in [-0.4, -0.2) is 15.9 Å². The van der Waals surface area contributed by atoms with Crippen molar-refractivity contribution in [1.29, 1.82) is 0 Å². The summed E-state index contributed by atoms with van der Waals surface area (Å²) in [5, 5.41) is 2.90. The average Bonchev–Trinajstić information content (AvgIpc) is 2.90. The zero-order chi connectivity index (χ0) is 13.0. The van der Waals surface area contributed by atoms with Gasteiger partial charge >= 0.3 is 0 Å². The lowest BCUT2D eigenvalue weighted by Crippen LogP contribution is -2.35. The summed E-state index contributed by atoms with van der Waals surface area (Å²) in [4.78, 5) is 21.3. The van der Waals surface area contributed by atoms with Crippen molar-refractivity contribution in [2.45, 2.75) is 25.2 Å². The van der Waals surface area contributed by atoms with Crippen molar-refractivity contribution in [1.82, 2.24) is 9.97 Å². The smallest absolute Gasteiger partial charge is 0.237 e. The van der Waals surface area contributed by atoms with Crippen LogP contribution in [0.5, 0.6) is 0 Å². The second kappa shape index (κ2) is 3.41. The number of aromatic nitrogens is 2. The fraction of sp³-hybridized carbons (Fsp3) is 0.267. The molecule has 0 saturated heterocycles. The number of carbonyl (C=O) groups excluding carboxylic acids is 1. The number of nitrogens with one attached hydrogen (secondary N) is 1. The molecule has 19 heavy (non-hydrogen) atoms. The average molecular weight is 251 g/mol. The molecule has 1 N–H and O–H groups in total. The molecule has 2 aromatic rings. The van der Waals surface area contributed by atoms with Crippen molar-refractivity contribution < 1.29 is 4.79 Å². The Balaban J connectivity index is 1.88. The normalized spacial score (nSPS) is 23.3. The van der Waals surface area contributed by atoms with E-state index >= 15 is 0 Å². The number of hydrogen-bond acceptors (Lipinski definition) is 3. The summed E-state index contributed by atoms with van der Waals surface area (Å²) in [6.45, 7) is 1.98. The van der Waals surface area contributed by atoms with Gasteiger partial charge in [-0.15, -0.1) is 0 Å². The summed E-state index contributed by atoms with van der Waals surface area (Å²) in [5.41, 5.74) is 3.74. The Hall–Kier alpha value is -2.23. The minimum Gasteiger partial charge on any atom is -0.310 e. The Morgan fingerprint density at radius 1 is 1.26 bits per heavy atom. The molecule has 2 aromatic heterocycles. The Morgan fingerprint density at radius 3 is 3.05 bits per heavy atom. The Kier molecular flexibility index (Phi) is 1.91. The van der Waals surface area contributed by atoms with Crippen LogP contribution in [-0.2, 0) is 23.1 Å². The lowest BCUT2D eigenvalue weighted by atomic mass is 9.80. The van der Waals surface area contributed by atoms with Crippen molar-refractivity contribution in [2.24, 2.45) is 0 Å². The highest BCUT2D eigenvalue weighted by Gasteiger charge is 2.51. The first-order valence-corrected chi connectivity index (χ1v) is 6.41. The molecule has 4 nitrogen and oxygen atoms in total.